The Morgan fingerprint density at radius 2 is 1.71 bits per heavy atom. The summed E-state index contributed by atoms with van der Waals surface area (Å²) in [5, 5.41) is 0.761. The topological polar surface area (TPSA) is 0 Å². The Morgan fingerprint density at radius 1 is 1.06 bits per heavy atom. The Balaban J connectivity index is 2.39. The average molecular weight is 375 g/mol. The van der Waals surface area contributed by atoms with E-state index in [1.165, 1.54) is 16.7 Å². The molecule has 2 aromatic carbocycles. The molecule has 2 aromatic rings. The van der Waals surface area contributed by atoms with E-state index < -0.39 is 0 Å². The summed E-state index contributed by atoms with van der Waals surface area (Å²) in [4.78, 5) is 0.175. The summed E-state index contributed by atoms with van der Waals surface area (Å²) in [6.07, 6.45) is 0. The molecule has 1 unspecified atom stereocenters. The van der Waals surface area contributed by atoms with E-state index in [4.69, 9.17) is 11.6 Å². The molecule has 88 valence electrons. The van der Waals surface area contributed by atoms with Gasteiger partial charge in [0.25, 0.3) is 0 Å². The van der Waals surface area contributed by atoms with Crippen LogP contribution in [0.15, 0.2) is 46.9 Å². The number of hydrogen-bond donors (Lipinski definition) is 0. The molecule has 0 aliphatic carbocycles. The van der Waals surface area contributed by atoms with Gasteiger partial charge >= 0.3 is 0 Å². The fourth-order valence-corrected chi connectivity index (χ4v) is 3.26. The first-order valence-electron chi connectivity index (χ1n) is 5.23. The van der Waals surface area contributed by atoms with Crippen molar-refractivity contribution in [2.24, 2.45) is 0 Å². The van der Waals surface area contributed by atoms with Crippen LogP contribution in [0, 0.1) is 6.92 Å². The average Bonchev–Trinajstić information content (AvgIpc) is 2.32. The van der Waals surface area contributed by atoms with E-state index in [-0.39, 0.29) is 4.83 Å². The van der Waals surface area contributed by atoms with Crippen LogP contribution in [0.3, 0.4) is 0 Å². The lowest BCUT2D eigenvalue weighted by atomic mass is 10.0. The molecule has 0 nitrogen and oxygen atoms in total. The van der Waals surface area contributed by atoms with Gasteiger partial charge in [0.15, 0.2) is 0 Å². The van der Waals surface area contributed by atoms with Gasteiger partial charge in [0, 0.05) is 9.50 Å². The summed E-state index contributed by atoms with van der Waals surface area (Å²) in [6, 6.07) is 14.2. The first kappa shape index (κ1) is 13.1. The maximum absolute atomic E-state index is 5.89. The van der Waals surface area contributed by atoms with Gasteiger partial charge in [0.05, 0.1) is 4.83 Å². The molecule has 1 atom stereocenters. The summed E-state index contributed by atoms with van der Waals surface area (Å²) in [6.45, 7) is 2.09. The maximum Gasteiger partial charge on any atom is 0.0655 e. The van der Waals surface area contributed by atoms with Gasteiger partial charge in [-0.25, -0.2) is 0 Å². The number of alkyl halides is 1. The van der Waals surface area contributed by atoms with Crippen molar-refractivity contribution in [1.82, 2.24) is 0 Å². The number of aryl methyl sites for hydroxylation is 1. The minimum Gasteiger partial charge on any atom is -0.0843 e. The molecular weight excluding hydrogens is 363 g/mol. The Labute approximate surface area is 123 Å². The highest BCUT2D eigenvalue weighted by Crippen LogP contribution is 2.36. The Morgan fingerprint density at radius 3 is 2.35 bits per heavy atom. The zero-order chi connectivity index (χ0) is 12.4. The van der Waals surface area contributed by atoms with Crippen LogP contribution in [0.25, 0.3) is 0 Å². The molecule has 0 amide bonds. The number of benzene rings is 2. The molecule has 0 spiro atoms. The van der Waals surface area contributed by atoms with Crippen molar-refractivity contribution in [1.29, 1.82) is 0 Å². The molecule has 0 radical (unpaired) electrons. The summed E-state index contributed by atoms with van der Waals surface area (Å²) in [5.74, 6) is 0. The molecule has 0 bridgehead atoms. The largest absolute Gasteiger partial charge is 0.0843 e. The van der Waals surface area contributed by atoms with Gasteiger partial charge in [0.2, 0.25) is 0 Å². The fraction of sp³-hybridized carbons (Fsp3) is 0.143. The van der Waals surface area contributed by atoms with Crippen LogP contribution in [0.4, 0.5) is 0 Å². The summed E-state index contributed by atoms with van der Waals surface area (Å²) in [5.41, 5.74) is 3.68. The molecule has 0 heterocycles. The standard InChI is InChI=1S/C14H11Br2Cl/c1-9-2-7-13(15)12(8-9)14(16)10-3-5-11(17)6-4-10/h2-8,14H,1H3. The second-order valence-corrected chi connectivity index (χ2v) is 6.15. The van der Waals surface area contributed by atoms with Crippen molar-refractivity contribution in [2.75, 3.05) is 0 Å². The van der Waals surface area contributed by atoms with Gasteiger partial charge in [-0.3, -0.25) is 0 Å². The molecule has 17 heavy (non-hydrogen) atoms. The number of rotatable bonds is 2. The third-order valence-electron chi connectivity index (χ3n) is 2.59. The minimum atomic E-state index is 0.175. The van der Waals surface area contributed by atoms with Gasteiger partial charge in [0.1, 0.15) is 0 Å². The quantitative estimate of drug-likeness (QED) is 0.575. The van der Waals surface area contributed by atoms with Crippen LogP contribution < -0.4 is 0 Å². The molecule has 0 aromatic heterocycles. The highest BCUT2D eigenvalue weighted by molar-refractivity contribution is 9.11. The van der Waals surface area contributed by atoms with Gasteiger partial charge < -0.3 is 0 Å². The lowest BCUT2D eigenvalue weighted by Crippen LogP contribution is -1.94. The van der Waals surface area contributed by atoms with Crippen molar-refractivity contribution < 1.29 is 0 Å². The van der Waals surface area contributed by atoms with Gasteiger partial charge in [-0.15, -0.1) is 0 Å². The normalized spacial score (nSPS) is 12.5. The van der Waals surface area contributed by atoms with E-state index in [2.05, 4.69) is 57.0 Å². The van der Waals surface area contributed by atoms with Crippen molar-refractivity contribution in [2.45, 2.75) is 11.8 Å². The van der Waals surface area contributed by atoms with Crippen LogP contribution in [0.5, 0.6) is 0 Å². The zero-order valence-electron chi connectivity index (χ0n) is 9.25. The predicted octanol–water partition coefficient (Wildman–Crippen LogP) is 5.90. The molecule has 0 fully saturated rings. The van der Waals surface area contributed by atoms with Crippen LogP contribution in [-0.2, 0) is 0 Å². The molecule has 0 aliphatic heterocycles. The van der Waals surface area contributed by atoms with Gasteiger partial charge in [-0.05, 0) is 36.2 Å². The van der Waals surface area contributed by atoms with Gasteiger partial charge in [-0.1, -0.05) is 73.3 Å². The van der Waals surface area contributed by atoms with E-state index in [0.29, 0.717) is 0 Å². The highest BCUT2D eigenvalue weighted by atomic mass is 79.9. The van der Waals surface area contributed by atoms with Crippen molar-refractivity contribution >= 4 is 43.5 Å². The van der Waals surface area contributed by atoms with Crippen molar-refractivity contribution in [3.8, 4) is 0 Å². The maximum atomic E-state index is 5.89. The third kappa shape index (κ3) is 3.12. The molecular formula is C14H11Br2Cl. The Hall–Kier alpha value is -0.310. The van der Waals surface area contributed by atoms with Crippen LogP contribution in [0.1, 0.15) is 21.5 Å². The lowest BCUT2D eigenvalue weighted by Gasteiger charge is -2.13. The van der Waals surface area contributed by atoms with Crippen molar-refractivity contribution in [3.05, 3.63) is 68.7 Å². The highest BCUT2D eigenvalue weighted by Gasteiger charge is 2.13. The van der Waals surface area contributed by atoms with Crippen LogP contribution in [-0.4, -0.2) is 0 Å². The van der Waals surface area contributed by atoms with E-state index in [1.54, 1.807) is 0 Å². The fourth-order valence-electron chi connectivity index (χ4n) is 1.67. The molecule has 2 rings (SSSR count). The lowest BCUT2D eigenvalue weighted by molar-refractivity contribution is 1.15. The van der Waals surface area contributed by atoms with E-state index in [1.807, 2.05) is 24.3 Å². The second-order valence-electron chi connectivity index (χ2n) is 3.94. The van der Waals surface area contributed by atoms with E-state index in [9.17, 15) is 0 Å². The molecule has 0 saturated carbocycles. The molecule has 0 aliphatic rings. The monoisotopic (exact) mass is 372 g/mol. The number of hydrogen-bond acceptors (Lipinski definition) is 0. The van der Waals surface area contributed by atoms with E-state index >= 15 is 0 Å². The van der Waals surface area contributed by atoms with Crippen LogP contribution >= 0.6 is 43.5 Å². The molecule has 3 heteroatoms. The summed E-state index contributed by atoms with van der Waals surface area (Å²) < 4.78 is 1.11. The first-order chi connectivity index (χ1) is 8.08. The summed E-state index contributed by atoms with van der Waals surface area (Å²) in [7, 11) is 0. The second kappa shape index (κ2) is 5.55. The predicted molar refractivity (Wildman–Crippen MR) is 81.1 cm³/mol. The Bertz CT molecular complexity index is 520. The van der Waals surface area contributed by atoms with E-state index in [0.717, 1.165) is 9.50 Å². The molecule has 0 saturated heterocycles. The SMILES string of the molecule is Cc1ccc(Br)c(C(Br)c2ccc(Cl)cc2)c1. The van der Waals surface area contributed by atoms with Crippen LogP contribution in [0.2, 0.25) is 5.02 Å². The summed E-state index contributed by atoms with van der Waals surface area (Å²) >= 11 is 13.2. The number of halogens is 3. The van der Waals surface area contributed by atoms with Crippen molar-refractivity contribution in [3.63, 3.8) is 0 Å². The smallest absolute Gasteiger partial charge is 0.0655 e. The Kier molecular flexibility index (Phi) is 4.29. The zero-order valence-corrected chi connectivity index (χ0v) is 13.2. The molecule has 0 N–H and O–H groups in total. The van der Waals surface area contributed by atoms with Gasteiger partial charge in [-0.2, -0.15) is 0 Å². The third-order valence-corrected chi connectivity index (χ3v) is 4.58. The first-order valence-corrected chi connectivity index (χ1v) is 7.32. The minimum absolute atomic E-state index is 0.175.